The van der Waals surface area contributed by atoms with Gasteiger partial charge in [0.25, 0.3) is 14.4 Å². The lowest BCUT2D eigenvalue weighted by Crippen LogP contribution is -2.53. The number of carbonyl (C=O) groups is 1. The van der Waals surface area contributed by atoms with Gasteiger partial charge in [0.05, 0.1) is 58.4 Å². The lowest BCUT2D eigenvalue weighted by Gasteiger charge is -2.43. The fourth-order valence-electron chi connectivity index (χ4n) is 9.50. The summed E-state index contributed by atoms with van der Waals surface area (Å²) >= 11 is 0. The van der Waals surface area contributed by atoms with Crippen molar-refractivity contribution in [1.82, 2.24) is 14.8 Å². The van der Waals surface area contributed by atoms with Gasteiger partial charge in [0, 0.05) is 23.2 Å². The number of nitriles is 1. The number of amides is 1. The molecule has 4 aliphatic rings. The Bertz CT molecular complexity index is 2650. The minimum Gasteiger partial charge on any atom is -0.497 e. The summed E-state index contributed by atoms with van der Waals surface area (Å²) in [7, 11) is -1.18. The van der Waals surface area contributed by atoms with E-state index in [9.17, 15) is 10.1 Å². The first-order valence-corrected chi connectivity index (χ1v) is 29.2. The number of nitrogens with zero attached hydrogens (tertiary/aromatic N) is 7. The summed E-state index contributed by atoms with van der Waals surface area (Å²) in [6, 6.07) is 37.5. The maximum absolute atomic E-state index is 13.8. The van der Waals surface area contributed by atoms with Gasteiger partial charge in [-0.25, -0.2) is 9.68 Å². The second-order valence-corrected chi connectivity index (χ2v) is 26.8. The smallest absolute Gasteiger partial charge is 0.274 e. The number of hydrogen-bond acceptors (Lipinski definition) is 14. The van der Waals surface area contributed by atoms with E-state index < -0.39 is 47.0 Å². The fraction of sp³-hybridized carbons (Fsp3) is 0.446. The van der Waals surface area contributed by atoms with Crippen molar-refractivity contribution in [1.29, 1.82) is 5.26 Å². The van der Waals surface area contributed by atoms with Gasteiger partial charge < -0.3 is 32.4 Å². The summed E-state index contributed by atoms with van der Waals surface area (Å²) < 4.78 is 50.2. The summed E-state index contributed by atoms with van der Waals surface area (Å²) in [4.78, 5) is 13.8. The van der Waals surface area contributed by atoms with Crippen LogP contribution in [0.4, 0.5) is 0 Å². The van der Waals surface area contributed by atoms with Gasteiger partial charge in [-0.3, -0.25) is 4.79 Å². The van der Waals surface area contributed by atoms with Crippen LogP contribution in [0.5, 0.6) is 11.5 Å². The van der Waals surface area contributed by atoms with Crippen LogP contribution in [-0.4, -0.2) is 117 Å². The molecule has 0 bridgehead atoms. The van der Waals surface area contributed by atoms with Gasteiger partial charge in [-0.2, -0.15) is 25.7 Å². The van der Waals surface area contributed by atoms with E-state index in [4.69, 9.17) is 47.7 Å². The number of hydrazone groups is 3. The highest BCUT2D eigenvalue weighted by molar-refractivity contribution is 7.44. The van der Waals surface area contributed by atoms with Crippen LogP contribution in [0.1, 0.15) is 94.8 Å². The molecule has 0 N–H and O–H groups in total. The lowest BCUT2D eigenvalue weighted by atomic mass is 9.80. The molecule has 4 aromatic rings. The van der Waals surface area contributed by atoms with E-state index in [2.05, 4.69) is 84.4 Å². The third-order valence-corrected chi connectivity index (χ3v) is 20.8. The largest absolute Gasteiger partial charge is 0.497 e. The first-order valence-electron chi connectivity index (χ1n) is 25.2. The standard InChI is InChI=1S/C56H70N7O8PSi/c1-38(2)62(39(3)4)72(68-34-18-33-57)70-51-49(37-67-56(42-21-16-13-17-22-42,43-24-28-45(65-8)29-25-43)44-26-30-46(66-9)31-27-44)69-54(52(51)71-73(10,11)55(5,6)7)63-59-47-32-23-41-36-61(58-35-48(60-63)50(41)47)53(64)40-19-14-12-15-20-40/h12-17,19-22,24-31,35,38-39,49,51-52,54H,18,23,32,34,36-37H2,1-11H3/t49-,51-,52-,54-,72?/m1/s1. The molecule has 0 radical (unpaired) electrons. The number of hydrogen-bond donors (Lipinski definition) is 0. The summed E-state index contributed by atoms with van der Waals surface area (Å²) in [5, 5.41) is 27.8. The number of allylic oxidation sites excluding steroid dienone is 1. The normalized spacial score (nSPS) is 20.5. The zero-order chi connectivity index (χ0) is 52.1. The van der Waals surface area contributed by atoms with E-state index in [1.165, 1.54) is 5.01 Å². The lowest BCUT2D eigenvalue weighted by molar-refractivity contribution is -0.116. The Labute approximate surface area is 433 Å². The Hall–Kier alpha value is -5.60. The molecule has 3 heterocycles. The van der Waals surface area contributed by atoms with Crippen molar-refractivity contribution in [3.05, 3.63) is 143 Å². The zero-order valence-electron chi connectivity index (χ0n) is 44.0. The van der Waals surface area contributed by atoms with Gasteiger partial charge in [-0.1, -0.05) is 93.6 Å². The fourth-order valence-corrected chi connectivity index (χ4v) is 12.6. The Kier molecular flexibility index (Phi) is 16.8. The molecular formula is C56H70N7O8PSi. The van der Waals surface area contributed by atoms with Crippen LogP contribution in [0.25, 0.3) is 0 Å². The molecule has 1 unspecified atom stereocenters. The van der Waals surface area contributed by atoms with Crippen molar-refractivity contribution in [2.24, 2.45) is 15.3 Å². The monoisotopic (exact) mass is 1030 g/mol. The van der Waals surface area contributed by atoms with E-state index in [0.717, 1.165) is 33.5 Å². The molecule has 8 rings (SSSR count). The minimum atomic E-state index is -2.67. The Morgan fingerprint density at radius 2 is 1.42 bits per heavy atom. The molecule has 1 fully saturated rings. The van der Waals surface area contributed by atoms with Crippen LogP contribution in [0.15, 0.2) is 136 Å². The molecule has 0 aromatic heterocycles. The average molecular weight is 1030 g/mol. The molecular weight excluding hydrogens is 958 g/mol. The van der Waals surface area contributed by atoms with Crippen molar-refractivity contribution in [3.63, 3.8) is 0 Å². The quantitative estimate of drug-likeness (QED) is 0.0360. The van der Waals surface area contributed by atoms with Gasteiger partial charge in [-0.05, 0) is 117 Å². The molecule has 5 atom stereocenters. The molecule has 3 aliphatic heterocycles. The van der Waals surface area contributed by atoms with Gasteiger partial charge in [0.1, 0.15) is 41.1 Å². The summed E-state index contributed by atoms with van der Waals surface area (Å²) in [6.45, 7) is 20.0. The number of rotatable bonds is 20. The van der Waals surface area contributed by atoms with Crippen molar-refractivity contribution in [3.8, 4) is 17.6 Å². The van der Waals surface area contributed by atoms with Crippen molar-refractivity contribution >= 4 is 40.4 Å². The van der Waals surface area contributed by atoms with E-state index in [0.29, 0.717) is 42.2 Å². The van der Waals surface area contributed by atoms with Crippen LogP contribution in [0, 0.1) is 11.3 Å². The Balaban J connectivity index is 1.27. The van der Waals surface area contributed by atoms with E-state index in [1.54, 1.807) is 37.7 Å². The molecule has 386 valence electrons. The van der Waals surface area contributed by atoms with E-state index in [-0.39, 0.29) is 42.7 Å². The highest BCUT2D eigenvalue weighted by atomic mass is 31.2. The molecule has 4 aromatic carbocycles. The number of methoxy groups -OCH3 is 2. The van der Waals surface area contributed by atoms with Gasteiger partial charge in [0.2, 0.25) is 0 Å². The second kappa shape index (κ2) is 22.9. The van der Waals surface area contributed by atoms with Crippen LogP contribution in [0.2, 0.25) is 18.1 Å². The molecule has 0 saturated carbocycles. The van der Waals surface area contributed by atoms with Crippen molar-refractivity contribution in [2.75, 3.05) is 34.0 Å². The molecule has 1 saturated heterocycles. The van der Waals surface area contributed by atoms with E-state index in [1.807, 2.05) is 84.9 Å². The first-order chi connectivity index (χ1) is 35.0. The van der Waals surface area contributed by atoms with Crippen molar-refractivity contribution in [2.45, 2.75) is 128 Å². The Morgan fingerprint density at radius 3 is 1.99 bits per heavy atom. The highest BCUT2D eigenvalue weighted by Gasteiger charge is 2.56. The van der Waals surface area contributed by atoms with Gasteiger partial charge in [0.15, 0.2) is 14.5 Å². The average Bonchev–Trinajstić information content (AvgIpc) is 3.88. The summed E-state index contributed by atoms with van der Waals surface area (Å²) in [6.07, 6.45) is -0.134. The molecule has 1 amide bonds. The van der Waals surface area contributed by atoms with Gasteiger partial charge >= 0.3 is 0 Å². The number of benzene rings is 4. The maximum Gasteiger partial charge on any atom is 0.274 e. The topological polar surface area (TPSA) is 152 Å². The zero-order valence-corrected chi connectivity index (χ0v) is 45.9. The predicted octanol–water partition coefficient (Wildman–Crippen LogP) is 11.0. The van der Waals surface area contributed by atoms with Crippen LogP contribution in [0.3, 0.4) is 0 Å². The third kappa shape index (κ3) is 11.4. The molecule has 15 nitrogen and oxygen atoms in total. The van der Waals surface area contributed by atoms with Crippen molar-refractivity contribution < 1.29 is 37.2 Å². The molecule has 17 heteroatoms. The SMILES string of the molecule is COc1ccc(C(OC[C@H]2O[C@@H](N3N=C4C=NN(C(=O)c5ccccc5)CC5=C4C(=N3)CC5)[C@H](O[Si](C)(C)C(C)(C)C)[C@@H]2OP(OCCC#N)N(C(C)C)C(C)C)(c2ccccc2)c2ccc(OC)cc2)cc1. The van der Waals surface area contributed by atoms with Crippen LogP contribution < -0.4 is 9.47 Å². The number of carbonyl (C=O) groups excluding carboxylic acids is 1. The minimum absolute atomic E-state index is 0.00447. The van der Waals surface area contributed by atoms with Crippen LogP contribution in [-0.2, 0) is 28.5 Å². The van der Waals surface area contributed by atoms with E-state index >= 15 is 0 Å². The highest BCUT2D eigenvalue weighted by Crippen LogP contribution is 2.52. The van der Waals surface area contributed by atoms with Gasteiger partial charge in [-0.15, -0.1) is 0 Å². The summed E-state index contributed by atoms with van der Waals surface area (Å²) in [5.41, 5.74) is 5.33. The number of ether oxygens (including phenoxy) is 4. The molecule has 73 heavy (non-hydrogen) atoms. The third-order valence-electron chi connectivity index (χ3n) is 14.2. The summed E-state index contributed by atoms with van der Waals surface area (Å²) in [5.74, 6) is 1.22. The molecule has 1 aliphatic carbocycles. The van der Waals surface area contributed by atoms with Crippen LogP contribution >= 0.6 is 8.53 Å². The molecule has 0 spiro atoms. The second-order valence-electron chi connectivity index (χ2n) is 20.6. The maximum atomic E-state index is 13.8. The first kappa shape index (κ1) is 53.7. The Morgan fingerprint density at radius 1 is 0.836 bits per heavy atom. The predicted molar refractivity (Wildman–Crippen MR) is 288 cm³/mol.